The first-order valence-corrected chi connectivity index (χ1v) is 5.75. The monoisotopic (exact) mass is 281 g/mol. The number of hydrogen-bond acceptors (Lipinski definition) is 4. The molecule has 1 rings (SSSR count). The van der Waals surface area contributed by atoms with Crippen LogP contribution in [0.1, 0.15) is 16.6 Å². The van der Waals surface area contributed by atoms with Crippen molar-refractivity contribution in [2.24, 2.45) is 0 Å². The Balaban J connectivity index is 3.15. The Morgan fingerprint density at radius 1 is 1.44 bits per heavy atom. The Hall–Kier alpha value is -1.57. The molecule has 0 saturated carbocycles. The third-order valence-corrected chi connectivity index (χ3v) is 2.99. The zero-order chi connectivity index (χ0) is 13.9. The van der Waals surface area contributed by atoms with Crippen molar-refractivity contribution in [1.82, 2.24) is 0 Å². The number of ether oxygens (including phenoxy) is 1. The van der Waals surface area contributed by atoms with Gasteiger partial charge in [0.2, 0.25) is 0 Å². The number of methoxy groups -OCH3 is 1. The molecule has 0 aliphatic carbocycles. The van der Waals surface area contributed by atoms with Crippen molar-refractivity contribution in [3.63, 3.8) is 0 Å². The van der Waals surface area contributed by atoms with Crippen LogP contribution in [0.2, 0.25) is 0 Å². The van der Waals surface area contributed by atoms with Crippen LogP contribution < -0.4 is 4.90 Å². The van der Waals surface area contributed by atoms with E-state index < -0.39 is 18.1 Å². The summed E-state index contributed by atoms with van der Waals surface area (Å²) in [4.78, 5) is 23.0. The van der Waals surface area contributed by atoms with E-state index in [-0.39, 0.29) is 17.1 Å². The van der Waals surface area contributed by atoms with Crippen LogP contribution >= 0.6 is 11.3 Å². The highest BCUT2D eigenvalue weighted by molar-refractivity contribution is 7.12. The number of anilines is 1. The standard InChI is InChI=1S/C10H10F3NO3S/c1-3-14(9(16)10(11,12)13)6-4-5-18-7(6)8(15)17-2/h4-5H,3H2,1-2H3. The van der Waals surface area contributed by atoms with E-state index >= 15 is 0 Å². The molecule has 0 N–H and O–H groups in total. The zero-order valence-electron chi connectivity index (χ0n) is 9.58. The number of carbonyl (C=O) groups excluding carboxylic acids is 2. The van der Waals surface area contributed by atoms with E-state index in [0.29, 0.717) is 4.90 Å². The Morgan fingerprint density at radius 3 is 2.50 bits per heavy atom. The van der Waals surface area contributed by atoms with E-state index in [2.05, 4.69) is 4.74 Å². The third kappa shape index (κ3) is 2.81. The lowest BCUT2D eigenvalue weighted by atomic mass is 10.3. The summed E-state index contributed by atoms with van der Waals surface area (Å²) in [6.45, 7) is 1.20. The largest absolute Gasteiger partial charge is 0.471 e. The SMILES string of the molecule is CCN(C(=O)C(F)(F)F)c1ccsc1C(=O)OC. The quantitative estimate of drug-likeness (QED) is 0.799. The molecule has 0 aliphatic rings. The van der Waals surface area contributed by atoms with Crippen LogP contribution in [0, 0.1) is 0 Å². The lowest BCUT2D eigenvalue weighted by Crippen LogP contribution is -2.41. The maximum absolute atomic E-state index is 12.4. The predicted octanol–water partition coefficient (Wildman–Crippen LogP) is 2.45. The van der Waals surface area contributed by atoms with Crippen LogP contribution in [0.3, 0.4) is 0 Å². The molecule has 0 saturated heterocycles. The lowest BCUT2D eigenvalue weighted by Gasteiger charge is -2.21. The van der Waals surface area contributed by atoms with Crippen molar-refractivity contribution in [1.29, 1.82) is 0 Å². The average Bonchev–Trinajstić information content (AvgIpc) is 2.76. The van der Waals surface area contributed by atoms with Gasteiger partial charge in [-0.25, -0.2) is 4.79 Å². The molecular formula is C10H10F3NO3S. The van der Waals surface area contributed by atoms with Crippen molar-refractivity contribution < 1.29 is 27.5 Å². The fourth-order valence-corrected chi connectivity index (χ4v) is 2.15. The van der Waals surface area contributed by atoms with Crippen molar-refractivity contribution in [3.8, 4) is 0 Å². The third-order valence-electron chi connectivity index (χ3n) is 2.11. The summed E-state index contributed by atoms with van der Waals surface area (Å²) in [6, 6.07) is 1.28. The average molecular weight is 281 g/mol. The first kappa shape index (κ1) is 14.5. The van der Waals surface area contributed by atoms with Crippen LogP contribution in [0.4, 0.5) is 18.9 Å². The molecule has 100 valence electrons. The van der Waals surface area contributed by atoms with Crippen LogP contribution in [-0.2, 0) is 9.53 Å². The summed E-state index contributed by atoms with van der Waals surface area (Å²) >= 11 is 0.918. The van der Waals surface area contributed by atoms with E-state index in [1.807, 2.05) is 0 Å². The number of hydrogen-bond donors (Lipinski definition) is 0. The van der Waals surface area contributed by atoms with Gasteiger partial charge in [-0.3, -0.25) is 4.79 Å². The van der Waals surface area contributed by atoms with Gasteiger partial charge in [0.25, 0.3) is 0 Å². The second-order valence-corrected chi connectivity index (χ2v) is 4.09. The van der Waals surface area contributed by atoms with Crippen LogP contribution in [0.15, 0.2) is 11.4 Å². The van der Waals surface area contributed by atoms with Crippen molar-refractivity contribution in [3.05, 3.63) is 16.3 Å². The van der Waals surface area contributed by atoms with Gasteiger partial charge < -0.3 is 9.64 Å². The number of carbonyl (C=O) groups is 2. The molecule has 0 unspecified atom stereocenters. The van der Waals surface area contributed by atoms with Crippen molar-refractivity contribution in [2.45, 2.75) is 13.1 Å². The topological polar surface area (TPSA) is 46.6 Å². The molecule has 0 spiro atoms. The molecule has 1 aromatic rings. The number of rotatable bonds is 3. The number of thiophene rings is 1. The molecule has 18 heavy (non-hydrogen) atoms. The molecule has 0 aliphatic heterocycles. The first-order chi connectivity index (χ1) is 8.32. The summed E-state index contributed by atoms with van der Waals surface area (Å²) in [5.41, 5.74) is -0.0864. The minimum Gasteiger partial charge on any atom is -0.465 e. The number of nitrogens with zero attached hydrogens (tertiary/aromatic N) is 1. The van der Waals surface area contributed by atoms with Crippen LogP contribution in [0.25, 0.3) is 0 Å². The maximum Gasteiger partial charge on any atom is 0.471 e. The van der Waals surface area contributed by atoms with E-state index in [1.165, 1.54) is 18.4 Å². The molecule has 0 bridgehead atoms. The number of amides is 1. The Kier molecular flexibility index (Phi) is 4.33. The van der Waals surface area contributed by atoms with E-state index in [4.69, 9.17) is 0 Å². The summed E-state index contributed by atoms with van der Waals surface area (Å²) in [6.07, 6.45) is -4.98. The summed E-state index contributed by atoms with van der Waals surface area (Å²) < 4.78 is 41.6. The van der Waals surface area contributed by atoms with Crippen LogP contribution in [0.5, 0.6) is 0 Å². The van der Waals surface area contributed by atoms with Gasteiger partial charge >= 0.3 is 18.1 Å². The van der Waals surface area contributed by atoms with Gasteiger partial charge in [-0.15, -0.1) is 11.3 Å². The molecule has 1 heterocycles. The highest BCUT2D eigenvalue weighted by atomic mass is 32.1. The van der Waals surface area contributed by atoms with Gasteiger partial charge in [0.15, 0.2) is 0 Å². The summed E-state index contributed by atoms with van der Waals surface area (Å²) in [7, 11) is 1.12. The second-order valence-electron chi connectivity index (χ2n) is 3.17. The molecule has 8 heteroatoms. The minimum atomic E-state index is -4.98. The number of alkyl halides is 3. The van der Waals surface area contributed by atoms with E-state index in [1.54, 1.807) is 0 Å². The predicted molar refractivity (Wildman–Crippen MR) is 59.7 cm³/mol. The van der Waals surface area contributed by atoms with Crippen molar-refractivity contribution in [2.75, 3.05) is 18.6 Å². The fourth-order valence-electron chi connectivity index (χ4n) is 1.34. The fraction of sp³-hybridized carbons (Fsp3) is 0.400. The summed E-state index contributed by atoms with van der Waals surface area (Å²) in [5.74, 6) is -2.78. The lowest BCUT2D eigenvalue weighted by molar-refractivity contribution is -0.170. The molecule has 0 fully saturated rings. The summed E-state index contributed by atoms with van der Waals surface area (Å²) in [5, 5.41) is 1.42. The maximum atomic E-state index is 12.4. The Bertz CT molecular complexity index is 455. The second kappa shape index (κ2) is 5.38. The molecule has 1 amide bonds. The van der Waals surface area contributed by atoms with Gasteiger partial charge in [-0.1, -0.05) is 0 Å². The molecule has 1 aromatic heterocycles. The molecule has 4 nitrogen and oxygen atoms in total. The number of esters is 1. The Morgan fingerprint density at radius 2 is 2.06 bits per heavy atom. The van der Waals surface area contributed by atoms with Gasteiger partial charge in [0.1, 0.15) is 4.88 Å². The van der Waals surface area contributed by atoms with Crippen molar-refractivity contribution >= 4 is 28.9 Å². The minimum absolute atomic E-state index is 0.0306. The molecule has 0 atom stereocenters. The number of halogens is 3. The normalized spacial score (nSPS) is 11.2. The van der Waals surface area contributed by atoms with Gasteiger partial charge in [0, 0.05) is 6.54 Å². The molecular weight excluding hydrogens is 271 g/mol. The first-order valence-electron chi connectivity index (χ1n) is 4.87. The smallest absolute Gasteiger partial charge is 0.465 e. The van der Waals surface area contributed by atoms with Gasteiger partial charge in [0.05, 0.1) is 12.8 Å². The van der Waals surface area contributed by atoms with E-state index in [9.17, 15) is 22.8 Å². The highest BCUT2D eigenvalue weighted by Gasteiger charge is 2.43. The molecule has 0 radical (unpaired) electrons. The van der Waals surface area contributed by atoms with E-state index in [0.717, 1.165) is 18.4 Å². The zero-order valence-corrected chi connectivity index (χ0v) is 10.4. The highest BCUT2D eigenvalue weighted by Crippen LogP contribution is 2.30. The van der Waals surface area contributed by atoms with Crippen LogP contribution in [-0.4, -0.2) is 31.7 Å². The Labute approximate surface area is 105 Å². The van der Waals surface area contributed by atoms with Gasteiger partial charge in [-0.2, -0.15) is 13.2 Å². The van der Waals surface area contributed by atoms with Gasteiger partial charge in [-0.05, 0) is 18.4 Å². The molecule has 0 aromatic carbocycles.